The number of rotatable bonds is 5. The van der Waals surface area contributed by atoms with Crippen molar-refractivity contribution in [3.63, 3.8) is 0 Å². The Kier molecular flexibility index (Phi) is 5.23. The SMILES string of the molecule is Cc1c(Cc2c(F)cccc2F)nc(SCc2cccnc2)[nH]c1=O. The van der Waals surface area contributed by atoms with E-state index in [1.807, 2.05) is 12.1 Å². The molecule has 128 valence electrons. The number of hydrogen-bond acceptors (Lipinski definition) is 4. The Morgan fingerprint density at radius 2 is 1.92 bits per heavy atom. The van der Waals surface area contributed by atoms with E-state index >= 15 is 0 Å². The van der Waals surface area contributed by atoms with Gasteiger partial charge in [-0.15, -0.1) is 0 Å². The quantitative estimate of drug-likeness (QED) is 0.558. The van der Waals surface area contributed by atoms with E-state index in [1.165, 1.54) is 30.0 Å². The first kappa shape index (κ1) is 17.3. The number of nitrogens with zero attached hydrogens (tertiary/aromatic N) is 2. The number of aromatic amines is 1. The lowest BCUT2D eigenvalue weighted by Crippen LogP contribution is -2.16. The predicted molar refractivity (Wildman–Crippen MR) is 92.6 cm³/mol. The van der Waals surface area contributed by atoms with E-state index in [2.05, 4.69) is 15.0 Å². The van der Waals surface area contributed by atoms with Gasteiger partial charge in [0.25, 0.3) is 5.56 Å². The van der Waals surface area contributed by atoms with Gasteiger partial charge in [0.05, 0.1) is 5.69 Å². The average Bonchev–Trinajstić information content (AvgIpc) is 2.61. The van der Waals surface area contributed by atoms with E-state index in [1.54, 1.807) is 19.3 Å². The van der Waals surface area contributed by atoms with Gasteiger partial charge >= 0.3 is 0 Å². The molecule has 0 spiro atoms. The van der Waals surface area contributed by atoms with Crippen molar-refractivity contribution < 1.29 is 8.78 Å². The number of H-pyrrole nitrogens is 1. The molecule has 0 atom stereocenters. The molecular weight excluding hydrogens is 344 g/mol. The second-order valence-electron chi connectivity index (χ2n) is 5.47. The molecule has 1 aromatic carbocycles. The van der Waals surface area contributed by atoms with Crippen molar-refractivity contribution in [2.75, 3.05) is 0 Å². The van der Waals surface area contributed by atoms with Crippen LogP contribution in [0.3, 0.4) is 0 Å². The van der Waals surface area contributed by atoms with Crippen LogP contribution in [0.5, 0.6) is 0 Å². The highest BCUT2D eigenvalue weighted by atomic mass is 32.2. The topological polar surface area (TPSA) is 58.6 Å². The van der Waals surface area contributed by atoms with Gasteiger partial charge in [-0.1, -0.05) is 23.9 Å². The van der Waals surface area contributed by atoms with Crippen molar-refractivity contribution in [1.82, 2.24) is 15.0 Å². The van der Waals surface area contributed by atoms with Crippen LogP contribution in [-0.4, -0.2) is 15.0 Å². The van der Waals surface area contributed by atoms with Gasteiger partial charge in [0.2, 0.25) is 0 Å². The molecule has 0 amide bonds. The second-order valence-corrected chi connectivity index (χ2v) is 6.43. The smallest absolute Gasteiger partial charge is 0.254 e. The Morgan fingerprint density at radius 1 is 1.16 bits per heavy atom. The van der Waals surface area contributed by atoms with E-state index in [-0.39, 0.29) is 17.5 Å². The molecule has 7 heteroatoms. The zero-order valence-corrected chi connectivity index (χ0v) is 14.2. The molecule has 2 aromatic heterocycles. The third-order valence-electron chi connectivity index (χ3n) is 3.73. The average molecular weight is 359 g/mol. The zero-order valence-electron chi connectivity index (χ0n) is 13.4. The molecule has 0 radical (unpaired) electrons. The monoisotopic (exact) mass is 359 g/mol. The molecule has 0 aliphatic heterocycles. The first-order valence-electron chi connectivity index (χ1n) is 7.59. The van der Waals surface area contributed by atoms with Crippen LogP contribution < -0.4 is 5.56 Å². The van der Waals surface area contributed by atoms with Crippen molar-refractivity contribution in [1.29, 1.82) is 0 Å². The minimum Gasteiger partial charge on any atom is -0.301 e. The summed E-state index contributed by atoms with van der Waals surface area (Å²) in [5, 5.41) is 0.409. The molecule has 1 N–H and O–H groups in total. The van der Waals surface area contributed by atoms with E-state index in [0.29, 0.717) is 22.2 Å². The number of pyridine rings is 1. The van der Waals surface area contributed by atoms with Gasteiger partial charge in [-0.25, -0.2) is 13.8 Å². The fourth-order valence-corrected chi connectivity index (χ4v) is 3.11. The highest BCUT2D eigenvalue weighted by molar-refractivity contribution is 7.98. The van der Waals surface area contributed by atoms with Gasteiger partial charge in [0.15, 0.2) is 5.16 Å². The first-order valence-corrected chi connectivity index (χ1v) is 8.57. The molecule has 0 aliphatic rings. The molecule has 25 heavy (non-hydrogen) atoms. The highest BCUT2D eigenvalue weighted by Gasteiger charge is 2.14. The maximum atomic E-state index is 13.9. The molecule has 0 saturated carbocycles. The molecule has 2 heterocycles. The fraction of sp³-hybridized carbons (Fsp3) is 0.167. The molecule has 0 fully saturated rings. The lowest BCUT2D eigenvalue weighted by Gasteiger charge is -2.09. The second kappa shape index (κ2) is 7.57. The summed E-state index contributed by atoms with van der Waals surface area (Å²) in [7, 11) is 0. The van der Waals surface area contributed by atoms with Gasteiger partial charge in [-0.05, 0) is 30.7 Å². The summed E-state index contributed by atoms with van der Waals surface area (Å²) in [6, 6.07) is 7.44. The van der Waals surface area contributed by atoms with Crippen LogP contribution in [0.25, 0.3) is 0 Å². The van der Waals surface area contributed by atoms with Crippen LogP contribution in [0.1, 0.15) is 22.4 Å². The van der Waals surface area contributed by atoms with E-state index in [9.17, 15) is 13.6 Å². The molecule has 0 unspecified atom stereocenters. The summed E-state index contributed by atoms with van der Waals surface area (Å²) in [5.41, 5.74) is 1.30. The Bertz CT molecular complexity index is 925. The van der Waals surface area contributed by atoms with Crippen molar-refractivity contribution in [2.24, 2.45) is 0 Å². The van der Waals surface area contributed by atoms with Crippen molar-refractivity contribution >= 4 is 11.8 Å². The third kappa shape index (κ3) is 4.11. The van der Waals surface area contributed by atoms with Gasteiger partial charge in [-0.2, -0.15) is 0 Å². The van der Waals surface area contributed by atoms with Crippen LogP contribution in [-0.2, 0) is 12.2 Å². The molecule has 0 saturated heterocycles. The minimum absolute atomic E-state index is 0.0747. The standard InChI is InChI=1S/C18H15F2N3OS/c1-11-16(8-13-14(19)5-2-6-15(13)20)22-18(23-17(11)24)25-10-12-4-3-7-21-9-12/h2-7,9H,8,10H2,1H3,(H,22,23,24). The minimum atomic E-state index is -0.647. The van der Waals surface area contributed by atoms with Crippen LogP contribution in [0.15, 0.2) is 52.7 Å². The number of benzene rings is 1. The lowest BCUT2D eigenvalue weighted by molar-refractivity contribution is 0.559. The van der Waals surface area contributed by atoms with Crippen LogP contribution in [0.4, 0.5) is 8.78 Å². The Balaban J connectivity index is 1.87. The normalized spacial score (nSPS) is 10.8. The Hall–Kier alpha value is -2.54. The lowest BCUT2D eigenvalue weighted by atomic mass is 10.1. The maximum absolute atomic E-state index is 13.9. The maximum Gasteiger partial charge on any atom is 0.254 e. The van der Waals surface area contributed by atoms with Crippen molar-refractivity contribution in [2.45, 2.75) is 24.3 Å². The number of nitrogens with one attached hydrogen (secondary N) is 1. The van der Waals surface area contributed by atoms with Gasteiger partial charge < -0.3 is 4.98 Å². The van der Waals surface area contributed by atoms with E-state index < -0.39 is 11.6 Å². The Morgan fingerprint density at radius 3 is 2.60 bits per heavy atom. The number of aromatic nitrogens is 3. The van der Waals surface area contributed by atoms with E-state index in [0.717, 1.165) is 5.56 Å². The predicted octanol–water partition coefficient (Wildman–Crippen LogP) is 3.63. The summed E-state index contributed by atoms with van der Waals surface area (Å²) in [4.78, 5) is 23.2. The van der Waals surface area contributed by atoms with Crippen molar-refractivity contribution in [3.8, 4) is 0 Å². The molecular formula is C18H15F2N3OS. The molecule has 0 bridgehead atoms. The van der Waals surface area contributed by atoms with Crippen molar-refractivity contribution in [3.05, 3.63) is 87.1 Å². The van der Waals surface area contributed by atoms with Crippen LogP contribution >= 0.6 is 11.8 Å². The summed E-state index contributed by atoms with van der Waals surface area (Å²) in [5.74, 6) is -0.718. The van der Waals surface area contributed by atoms with Gasteiger partial charge in [-0.3, -0.25) is 9.78 Å². The van der Waals surface area contributed by atoms with E-state index in [4.69, 9.17) is 0 Å². The fourth-order valence-electron chi connectivity index (χ4n) is 2.30. The number of hydrogen-bond donors (Lipinski definition) is 1. The molecule has 3 rings (SSSR count). The molecule has 3 aromatic rings. The highest BCUT2D eigenvalue weighted by Crippen LogP contribution is 2.21. The third-order valence-corrected chi connectivity index (χ3v) is 4.68. The summed E-state index contributed by atoms with van der Waals surface area (Å²) < 4.78 is 27.7. The largest absolute Gasteiger partial charge is 0.301 e. The van der Waals surface area contributed by atoms with Crippen LogP contribution in [0.2, 0.25) is 0 Å². The Labute approximate surface area is 147 Å². The summed E-state index contributed by atoms with van der Waals surface area (Å²) >= 11 is 1.34. The summed E-state index contributed by atoms with van der Waals surface area (Å²) in [6.07, 6.45) is 3.34. The first-order chi connectivity index (χ1) is 12.0. The number of halogens is 2. The summed E-state index contributed by atoms with van der Waals surface area (Å²) in [6.45, 7) is 1.59. The molecule has 0 aliphatic carbocycles. The van der Waals surface area contributed by atoms with Gasteiger partial charge in [0, 0.05) is 35.7 Å². The van der Waals surface area contributed by atoms with Gasteiger partial charge in [0.1, 0.15) is 11.6 Å². The number of thioether (sulfide) groups is 1. The zero-order chi connectivity index (χ0) is 17.8. The van der Waals surface area contributed by atoms with Crippen LogP contribution in [0, 0.1) is 18.6 Å². The molecule has 4 nitrogen and oxygen atoms in total.